The third-order valence-electron chi connectivity index (χ3n) is 4.09. The van der Waals surface area contributed by atoms with Gasteiger partial charge in [0.15, 0.2) is 0 Å². The Labute approximate surface area is 133 Å². The smallest absolute Gasteiger partial charge is 0.240 e. The lowest BCUT2D eigenvalue weighted by Crippen LogP contribution is -2.35. The van der Waals surface area contributed by atoms with E-state index in [-0.39, 0.29) is 4.90 Å². The van der Waals surface area contributed by atoms with Crippen LogP contribution in [0.3, 0.4) is 0 Å². The molecule has 5 nitrogen and oxygen atoms in total. The Bertz CT molecular complexity index is 629. The first-order chi connectivity index (χ1) is 10.5. The van der Waals surface area contributed by atoms with Gasteiger partial charge in [0.25, 0.3) is 0 Å². The lowest BCUT2D eigenvalue weighted by atomic mass is 9.99. The average molecular weight is 321 g/mol. The van der Waals surface area contributed by atoms with Crippen molar-refractivity contribution >= 4 is 10.0 Å². The van der Waals surface area contributed by atoms with E-state index >= 15 is 0 Å². The van der Waals surface area contributed by atoms with Gasteiger partial charge in [-0.1, -0.05) is 13.0 Å². The molecule has 2 rings (SSSR count). The van der Waals surface area contributed by atoms with Crippen LogP contribution >= 0.6 is 0 Å². The van der Waals surface area contributed by atoms with Crippen molar-refractivity contribution in [3.05, 3.63) is 29.8 Å². The second kappa shape index (κ2) is 7.73. The van der Waals surface area contributed by atoms with Crippen LogP contribution in [0.1, 0.15) is 31.7 Å². The fraction of sp³-hybridized carbons (Fsp3) is 0.562. The SMILES string of the molecule is CC1CCN(CCCNS(=O)(=O)c2cccc(C#N)c2)CC1. The van der Waals surface area contributed by atoms with Crippen LogP contribution in [0.5, 0.6) is 0 Å². The molecule has 0 aromatic heterocycles. The highest BCUT2D eigenvalue weighted by Gasteiger charge is 2.16. The highest BCUT2D eigenvalue weighted by Crippen LogP contribution is 2.16. The minimum absolute atomic E-state index is 0.151. The lowest BCUT2D eigenvalue weighted by molar-refractivity contribution is 0.191. The van der Waals surface area contributed by atoms with Gasteiger partial charge in [0.1, 0.15) is 0 Å². The zero-order valence-corrected chi connectivity index (χ0v) is 13.8. The number of benzene rings is 1. The van der Waals surface area contributed by atoms with Gasteiger partial charge in [-0.2, -0.15) is 5.26 Å². The van der Waals surface area contributed by atoms with E-state index in [9.17, 15) is 8.42 Å². The molecule has 0 unspecified atom stereocenters. The summed E-state index contributed by atoms with van der Waals surface area (Å²) < 4.78 is 26.9. The number of nitrogens with zero attached hydrogens (tertiary/aromatic N) is 2. The maximum absolute atomic E-state index is 12.2. The minimum atomic E-state index is -3.52. The van der Waals surface area contributed by atoms with Crippen molar-refractivity contribution in [3.63, 3.8) is 0 Å². The molecule has 0 radical (unpaired) electrons. The average Bonchev–Trinajstić information content (AvgIpc) is 2.53. The van der Waals surface area contributed by atoms with Gasteiger partial charge in [0.2, 0.25) is 10.0 Å². The van der Waals surface area contributed by atoms with Crippen molar-refractivity contribution in [3.8, 4) is 6.07 Å². The Morgan fingerprint density at radius 1 is 1.36 bits per heavy atom. The van der Waals surface area contributed by atoms with Crippen molar-refractivity contribution in [1.29, 1.82) is 5.26 Å². The summed E-state index contributed by atoms with van der Waals surface area (Å²) in [6, 6.07) is 8.04. The molecule has 0 atom stereocenters. The van der Waals surface area contributed by atoms with Gasteiger partial charge in [-0.15, -0.1) is 0 Å². The van der Waals surface area contributed by atoms with Gasteiger partial charge in [-0.3, -0.25) is 0 Å². The van der Waals surface area contributed by atoms with Gasteiger partial charge in [0.05, 0.1) is 16.5 Å². The van der Waals surface area contributed by atoms with Crippen molar-refractivity contribution in [2.75, 3.05) is 26.2 Å². The molecule has 0 amide bonds. The first-order valence-electron chi connectivity index (χ1n) is 7.73. The summed E-state index contributed by atoms with van der Waals surface area (Å²) in [5.41, 5.74) is 0.352. The van der Waals surface area contributed by atoms with Crippen molar-refractivity contribution in [1.82, 2.24) is 9.62 Å². The van der Waals surface area contributed by atoms with Crippen LogP contribution in [0.4, 0.5) is 0 Å². The van der Waals surface area contributed by atoms with Crippen LogP contribution in [0.2, 0.25) is 0 Å². The standard InChI is InChI=1S/C16H23N3O2S/c1-14-6-10-19(11-7-14)9-3-8-18-22(20,21)16-5-2-4-15(12-16)13-17/h2,4-5,12,14,18H,3,6-11H2,1H3. The van der Waals surface area contributed by atoms with E-state index in [1.165, 1.54) is 25.0 Å². The monoisotopic (exact) mass is 321 g/mol. The predicted molar refractivity (Wildman–Crippen MR) is 85.8 cm³/mol. The lowest BCUT2D eigenvalue weighted by Gasteiger charge is -2.30. The molecule has 1 fully saturated rings. The maximum atomic E-state index is 12.2. The van der Waals surface area contributed by atoms with Gasteiger partial charge >= 0.3 is 0 Å². The van der Waals surface area contributed by atoms with Gasteiger partial charge in [-0.25, -0.2) is 13.1 Å². The molecule has 6 heteroatoms. The van der Waals surface area contributed by atoms with Crippen molar-refractivity contribution < 1.29 is 8.42 Å². The first-order valence-corrected chi connectivity index (χ1v) is 9.22. The molecule has 1 aliphatic heterocycles. The maximum Gasteiger partial charge on any atom is 0.240 e. The van der Waals surface area contributed by atoms with Crippen LogP contribution in [-0.2, 0) is 10.0 Å². The summed E-state index contributed by atoms with van der Waals surface area (Å²) in [6.45, 7) is 5.84. The van der Waals surface area contributed by atoms with E-state index in [2.05, 4.69) is 16.5 Å². The molecule has 1 aliphatic rings. The fourth-order valence-electron chi connectivity index (χ4n) is 2.61. The molecule has 0 spiro atoms. The zero-order chi connectivity index (χ0) is 16.0. The Morgan fingerprint density at radius 3 is 2.77 bits per heavy atom. The van der Waals surface area contributed by atoms with Gasteiger partial charge in [0, 0.05) is 6.54 Å². The molecular formula is C16H23N3O2S. The normalized spacial score (nSPS) is 17.3. The molecule has 1 N–H and O–H groups in total. The van der Waals surface area contributed by atoms with Crippen LogP contribution < -0.4 is 4.72 Å². The Morgan fingerprint density at radius 2 is 2.09 bits per heavy atom. The van der Waals surface area contributed by atoms with Gasteiger partial charge < -0.3 is 4.90 Å². The Hall–Kier alpha value is -1.42. The zero-order valence-electron chi connectivity index (χ0n) is 13.0. The van der Waals surface area contributed by atoms with Gasteiger partial charge in [-0.05, 0) is 63.0 Å². The van der Waals surface area contributed by atoms with E-state index in [0.29, 0.717) is 12.1 Å². The van der Waals surface area contributed by atoms with Crippen LogP contribution in [0, 0.1) is 17.2 Å². The molecule has 1 heterocycles. The Balaban J connectivity index is 1.79. The molecule has 1 aromatic carbocycles. The quantitative estimate of drug-likeness (QED) is 0.813. The minimum Gasteiger partial charge on any atom is -0.303 e. The summed E-state index contributed by atoms with van der Waals surface area (Å²) >= 11 is 0. The summed E-state index contributed by atoms with van der Waals surface area (Å²) in [6.07, 6.45) is 3.25. The second-order valence-corrected chi connectivity index (χ2v) is 7.68. The molecule has 22 heavy (non-hydrogen) atoms. The number of nitriles is 1. The van der Waals surface area contributed by atoms with E-state index in [1.54, 1.807) is 12.1 Å². The molecule has 1 saturated heterocycles. The number of hydrogen-bond donors (Lipinski definition) is 1. The number of likely N-dealkylation sites (tertiary alicyclic amines) is 1. The molecule has 0 bridgehead atoms. The number of hydrogen-bond acceptors (Lipinski definition) is 4. The second-order valence-electron chi connectivity index (χ2n) is 5.92. The third kappa shape index (κ3) is 4.80. The summed E-state index contributed by atoms with van der Waals surface area (Å²) in [4.78, 5) is 2.54. The number of nitrogens with one attached hydrogen (secondary N) is 1. The molecule has 1 aromatic rings. The van der Waals surface area contributed by atoms with Crippen molar-refractivity contribution in [2.24, 2.45) is 5.92 Å². The highest BCUT2D eigenvalue weighted by atomic mass is 32.2. The van der Waals surface area contributed by atoms with E-state index in [0.717, 1.165) is 32.0 Å². The van der Waals surface area contributed by atoms with Crippen LogP contribution in [-0.4, -0.2) is 39.5 Å². The molecule has 120 valence electrons. The molecule has 0 aliphatic carbocycles. The largest absolute Gasteiger partial charge is 0.303 e. The number of rotatable bonds is 6. The summed E-state index contributed by atoms with van der Waals surface area (Å²) in [5.74, 6) is 0.808. The van der Waals surface area contributed by atoms with Crippen LogP contribution in [0.25, 0.3) is 0 Å². The first kappa shape index (κ1) is 16.9. The number of piperidine rings is 1. The third-order valence-corrected chi connectivity index (χ3v) is 5.55. The summed E-state index contributed by atoms with van der Waals surface area (Å²) in [5, 5.41) is 8.83. The molecule has 0 saturated carbocycles. The van der Waals surface area contributed by atoms with Crippen LogP contribution in [0.15, 0.2) is 29.2 Å². The van der Waals surface area contributed by atoms with E-state index in [4.69, 9.17) is 5.26 Å². The fourth-order valence-corrected chi connectivity index (χ4v) is 3.73. The topological polar surface area (TPSA) is 73.2 Å². The predicted octanol–water partition coefficient (Wildman–Crippen LogP) is 1.96. The number of sulfonamides is 1. The summed E-state index contributed by atoms with van der Waals surface area (Å²) in [7, 11) is -3.52. The van der Waals surface area contributed by atoms with E-state index in [1.807, 2.05) is 6.07 Å². The molecular weight excluding hydrogens is 298 g/mol. The Kier molecular flexibility index (Phi) is 5.95. The highest BCUT2D eigenvalue weighted by molar-refractivity contribution is 7.89. The van der Waals surface area contributed by atoms with Crippen molar-refractivity contribution in [2.45, 2.75) is 31.1 Å². The van der Waals surface area contributed by atoms with E-state index < -0.39 is 10.0 Å².